The SMILES string of the molecule is C=C(C)C(=O)OCCC[SiH](C)O[SiH](C)C. The number of ether oxygens (including phenoxy) is 1. The van der Waals surface area contributed by atoms with Crippen molar-refractivity contribution in [3.8, 4) is 0 Å². The summed E-state index contributed by atoms with van der Waals surface area (Å²) in [6.07, 6.45) is 0.910. The molecule has 0 radical (unpaired) electrons. The molecule has 0 heterocycles. The van der Waals surface area contributed by atoms with E-state index in [4.69, 9.17) is 8.85 Å². The third-order valence-corrected chi connectivity index (χ3v) is 7.10. The predicted octanol–water partition coefficient (Wildman–Crippen LogP) is 1.85. The van der Waals surface area contributed by atoms with Gasteiger partial charge in [0.15, 0.2) is 18.1 Å². The van der Waals surface area contributed by atoms with Crippen LogP contribution >= 0.6 is 0 Å². The van der Waals surface area contributed by atoms with Gasteiger partial charge >= 0.3 is 5.97 Å². The summed E-state index contributed by atoms with van der Waals surface area (Å²) >= 11 is 0. The molecule has 0 spiro atoms. The Hall–Kier alpha value is -0.396. The van der Waals surface area contributed by atoms with E-state index in [9.17, 15) is 4.79 Å². The number of carbonyl (C=O) groups excluding carboxylic acids is 1. The maximum Gasteiger partial charge on any atom is 0.333 e. The molecule has 15 heavy (non-hydrogen) atoms. The Bertz CT molecular complexity index is 217. The molecule has 88 valence electrons. The smallest absolute Gasteiger partial charge is 0.333 e. The largest absolute Gasteiger partial charge is 0.462 e. The third kappa shape index (κ3) is 8.59. The van der Waals surface area contributed by atoms with Crippen molar-refractivity contribution >= 4 is 24.0 Å². The minimum Gasteiger partial charge on any atom is -0.462 e. The highest BCUT2D eigenvalue weighted by atomic mass is 28.4. The van der Waals surface area contributed by atoms with Gasteiger partial charge in [0.1, 0.15) is 0 Å². The van der Waals surface area contributed by atoms with Crippen molar-refractivity contribution in [1.29, 1.82) is 0 Å². The zero-order chi connectivity index (χ0) is 11.8. The van der Waals surface area contributed by atoms with Crippen LogP contribution in [0.25, 0.3) is 0 Å². The Morgan fingerprint density at radius 1 is 1.33 bits per heavy atom. The van der Waals surface area contributed by atoms with Crippen LogP contribution < -0.4 is 0 Å². The van der Waals surface area contributed by atoms with Crippen LogP contribution in [0.4, 0.5) is 0 Å². The fourth-order valence-electron chi connectivity index (χ4n) is 1.19. The topological polar surface area (TPSA) is 35.5 Å². The van der Waals surface area contributed by atoms with Gasteiger partial charge in [0.25, 0.3) is 0 Å². The molecule has 0 aromatic heterocycles. The van der Waals surface area contributed by atoms with Crippen LogP contribution in [0.15, 0.2) is 12.2 Å². The summed E-state index contributed by atoms with van der Waals surface area (Å²) in [4.78, 5) is 11.0. The van der Waals surface area contributed by atoms with Crippen molar-refractivity contribution in [2.45, 2.75) is 39.0 Å². The van der Waals surface area contributed by atoms with E-state index in [0.29, 0.717) is 12.2 Å². The molecule has 1 unspecified atom stereocenters. The summed E-state index contributed by atoms with van der Waals surface area (Å²) in [5.41, 5.74) is 0.464. The van der Waals surface area contributed by atoms with Gasteiger partial charge in [-0.2, -0.15) is 0 Å². The first kappa shape index (κ1) is 14.6. The molecule has 0 aliphatic heterocycles. The van der Waals surface area contributed by atoms with Crippen molar-refractivity contribution in [2.24, 2.45) is 0 Å². The molecule has 1 atom stereocenters. The average Bonchev–Trinajstić information content (AvgIpc) is 2.10. The maximum atomic E-state index is 11.0. The van der Waals surface area contributed by atoms with Crippen LogP contribution in [-0.2, 0) is 13.6 Å². The van der Waals surface area contributed by atoms with Crippen molar-refractivity contribution < 1.29 is 13.6 Å². The van der Waals surface area contributed by atoms with Crippen molar-refractivity contribution in [1.82, 2.24) is 0 Å². The average molecular weight is 246 g/mol. The molecule has 0 aromatic carbocycles. The Morgan fingerprint density at radius 3 is 2.40 bits per heavy atom. The van der Waals surface area contributed by atoms with E-state index in [1.807, 2.05) is 0 Å². The second-order valence-corrected chi connectivity index (χ2v) is 9.44. The molecule has 0 aromatic rings. The van der Waals surface area contributed by atoms with Crippen molar-refractivity contribution in [2.75, 3.05) is 6.61 Å². The number of carbonyl (C=O) groups is 1. The number of hydrogen-bond donors (Lipinski definition) is 0. The van der Waals surface area contributed by atoms with E-state index in [-0.39, 0.29) is 5.97 Å². The molecule has 0 aliphatic carbocycles. The first-order valence-electron chi connectivity index (χ1n) is 5.41. The van der Waals surface area contributed by atoms with E-state index in [2.05, 4.69) is 26.2 Å². The number of esters is 1. The fourth-order valence-corrected chi connectivity index (χ4v) is 6.19. The third-order valence-electron chi connectivity index (χ3n) is 1.84. The van der Waals surface area contributed by atoms with Gasteiger partial charge in [0.05, 0.1) is 6.61 Å². The Labute approximate surface area is 95.9 Å². The fraction of sp³-hybridized carbons (Fsp3) is 0.700. The summed E-state index contributed by atoms with van der Waals surface area (Å²) in [6.45, 7) is 12.2. The Kier molecular flexibility index (Phi) is 7.63. The lowest BCUT2D eigenvalue weighted by atomic mass is 10.4. The van der Waals surface area contributed by atoms with Gasteiger partial charge in [0, 0.05) is 5.57 Å². The molecular formula is C10H22O3Si2. The van der Waals surface area contributed by atoms with Gasteiger partial charge in [-0.25, -0.2) is 4.79 Å². The predicted molar refractivity (Wildman–Crippen MR) is 68.2 cm³/mol. The molecule has 0 bridgehead atoms. The van der Waals surface area contributed by atoms with Gasteiger partial charge in [0.2, 0.25) is 0 Å². The van der Waals surface area contributed by atoms with Gasteiger partial charge < -0.3 is 8.85 Å². The molecule has 0 saturated carbocycles. The molecule has 0 N–H and O–H groups in total. The van der Waals surface area contributed by atoms with Crippen molar-refractivity contribution in [3.05, 3.63) is 12.2 Å². The van der Waals surface area contributed by atoms with Gasteiger partial charge in [-0.05, 0) is 39.0 Å². The normalized spacial score (nSPS) is 12.6. The number of rotatable bonds is 7. The Balaban J connectivity index is 3.46. The molecule has 0 saturated heterocycles. The molecule has 0 rings (SSSR count). The molecule has 0 amide bonds. The highest BCUT2D eigenvalue weighted by molar-refractivity contribution is 6.63. The van der Waals surface area contributed by atoms with Gasteiger partial charge in [-0.1, -0.05) is 6.58 Å². The van der Waals surface area contributed by atoms with Crippen LogP contribution in [0.2, 0.25) is 25.7 Å². The van der Waals surface area contributed by atoms with Gasteiger partial charge in [-0.3, -0.25) is 0 Å². The summed E-state index contributed by atoms with van der Waals surface area (Å²) in [7, 11) is -1.88. The zero-order valence-corrected chi connectivity index (χ0v) is 12.5. The highest BCUT2D eigenvalue weighted by Crippen LogP contribution is 2.02. The second-order valence-electron chi connectivity index (χ2n) is 4.05. The van der Waals surface area contributed by atoms with Crippen LogP contribution in [0.3, 0.4) is 0 Å². The zero-order valence-electron chi connectivity index (χ0n) is 10.2. The van der Waals surface area contributed by atoms with E-state index >= 15 is 0 Å². The van der Waals surface area contributed by atoms with E-state index < -0.39 is 18.1 Å². The van der Waals surface area contributed by atoms with Crippen LogP contribution in [0, 0.1) is 0 Å². The molecule has 5 heteroatoms. The lowest BCUT2D eigenvalue weighted by molar-refractivity contribution is -0.138. The lowest BCUT2D eigenvalue weighted by Gasteiger charge is -2.14. The summed E-state index contributed by atoms with van der Waals surface area (Å²) in [6, 6.07) is 1.08. The number of hydrogen-bond acceptors (Lipinski definition) is 3. The first-order valence-corrected chi connectivity index (χ1v) is 10.6. The van der Waals surface area contributed by atoms with Crippen LogP contribution in [-0.4, -0.2) is 30.7 Å². The minimum atomic E-state index is -1.000. The standard InChI is InChI=1S/C10H22O3Si2/c1-9(2)10(11)12-7-6-8-15(5)13-14(3)4/h14-15H,1,6-8H2,2-5H3. The summed E-state index contributed by atoms with van der Waals surface area (Å²) < 4.78 is 10.8. The quantitative estimate of drug-likeness (QED) is 0.298. The van der Waals surface area contributed by atoms with Crippen molar-refractivity contribution in [3.63, 3.8) is 0 Å². The molecular weight excluding hydrogens is 224 g/mol. The van der Waals surface area contributed by atoms with Crippen LogP contribution in [0.1, 0.15) is 13.3 Å². The Morgan fingerprint density at radius 2 is 1.93 bits per heavy atom. The monoisotopic (exact) mass is 246 g/mol. The van der Waals surface area contributed by atoms with Crippen LogP contribution in [0.5, 0.6) is 0 Å². The minimum absolute atomic E-state index is 0.288. The lowest BCUT2D eigenvalue weighted by Crippen LogP contribution is -2.21. The summed E-state index contributed by atoms with van der Waals surface area (Å²) in [5.74, 6) is -0.288. The first-order chi connectivity index (χ1) is 6.93. The highest BCUT2D eigenvalue weighted by Gasteiger charge is 2.08. The summed E-state index contributed by atoms with van der Waals surface area (Å²) in [5, 5.41) is 0. The molecule has 0 aliphatic rings. The molecule has 0 fully saturated rings. The maximum absolute atomic E-state index is 11.0. The van der Waals surface area contributed by atoms with Gasteiger partial charge in [-0.15, -0.1) is 0 Å². The second kappa shape index (κ2) is 7.84. The van der Waals surface area contributed by atoms with E-state index in [0.717, 1.165) is 12.5 Å². The van der Waals surface area contributed by atoms with E-state index in [1.54, 1.807) is 6.92 Å². The van der Waals surface area contributed by atoms with E-state index in [1.165, 1.54) is 0 Å². The molecule has 3 nitrogen and oxygen atoms in total.